The van der Waals surface area contributed by atoms with Crippen molar-refractivity contribution in [2.45, 2.75) is 59.3 Å². The van der Waals surface area contributed by atoms with E-state index in [9.17, 15) is 0 Å². The normalized spacial score (nSPS) is 9.27. The summed E-state index contributed by atoms with van der Waals surface area (Å²) in [5.74, 6) is 0. The van der Waals surface area contributed by atoms with Crippen molar-refractivity contribution < 1.29 is 0 Å². The second kappa shape index (κ2) is 11.3. The van der Waals surface area contributed by atoms with E-state index in [1.807, 2.05) is 0 Å². The fourth-order valence-electron chi connectivity index (χ4n) is 1.22. The Morgan fingerprint density at radius 1 is 0.733 bits per heavy atom. The molecule has 0 fully saturated rings. The lowest BCUT2D eigenvalue weighted by atomic mass is 10.1. The van der Waals surface area contributed by atoms with Crippen LogP contribution in [0.15, 0.2) is 30.3 Å². The van der Waals surface area contributed by atoms with Gasteiger partial charge in [-0.25, -0.2) is 0 Å². The van der Waals surface area contributed by atoms with E-state index in [-0.39, 0.29) is 0 Å². The third kappa shape index (κ3) is 9.52. The van der Waals surface area contributed by atoms with Gasteiger partial charge >= 0.3 is 0 Å². The number of hydrogen-bond donors (Lipinski definition) is 0. The number of unbranched alkanes of at least 4 members (excludes halogenated alkanes) is 3. The predicted octanol–water partition coefficient (Wildman–Crippen LogP) is 5.23. The number of benzene rings is 1. The maximum atomic E-state index is 2.24. The van der Waals surface area contributed by atoms with Crippen molar-refractivity contribution in [1.29, 1.82) is 0 Å². The maximum Gasteiger partial charge on any atom is -0.0279 e. The maximum absolute atomic E-state index is 2.24. The van der Waals surface area contributed by atoms with Gasteiger partial charge in [-0.3, -0.25) is 0 Å². The molecule has 0 heteroatoms. The lowest BCUT2D eigenvalue weighted by Gasteiger charge is -1.98. The molecule has 1 aromatic carbocycles. The summed E-state index contributed by atoms with van der Waals surface area (Å²) >= 11 is 0. The van der Waals surface area contributed by atoms with Crippen molar-refractivity contribution in [2.24, 2.45) is 0 Å². The molecule has 0 aliphatic rings. The summed E-state index contributed by atoms with van der Waals surface area (Å²) in [7, 11) is 0. The highest BCUT2D eigenvalue weighted by Gasteiger charge is 1.89. The fourth-order valence-corrected chi connectivity index (χ4v) is 1.22. The van der Waals surface area contributed by atoms with Gasteiger partial charge in [0.2, 0.25) is 0 Å². The van der Waals surface area contributed by atoms with Gasteiger partial charge in [-0.05, 0) is 18.4 Å². The Hall–Kier alpha value is -0.780. The van der Waals surface area contributed by atoms with E-state index in [2.05, 4.69) is 51.1 Å². The first-order chi connectivity index (χ1) is 7.35. The average Bonchev–Trinajstić information content (AvgIpc) is 2.31. The van der Waals surface area contributed by atoms with E-state index >= 15 is 0 Å². The molecule has 1 rings (SSSR count). The van der Waals surface area contributed by atoms with Crippen LogP contribution in [0.4, 0.5) is 0 Å². The van der Waals surface area contributed by atoms with Crippen LogP contribution in [-0.2, 0) is 6.42 Å². The molecule has 1 aromatic rings. The summed E-state index contributed by atoms with van der Waals surface area (Å²) in [4.78, 5) is 0. The van der Waals surface area contributed by atoms with E-state index in [1.165, 1.54) is 44.1 Å². The highest BCUT2D eigenvalue weighted by molar-refractivity contribution is 5.14. The van der Waals surface area contributed by atoms with Crippen molar-refractivity contribution in [2.75, 3.05) is 0 Å². The van der Waals surface area contributed by atoms with Crippen LogP contribution in [0.5, 0.6) is 0 Å². The summed E-state index contributed by atoms with van der Waals surface area (Å²) in [5.41, 5.74) is 1.47. The van der Waals surface area contributed by atoms with Crippen molar-refractivity contribution >= 4 is 0 Å². The summed E-state index contributed by atoms with van der Waals surface area (Å²) in [6.45, 7) is 6.60. The molecule has 0 bridgehead atoms. The molecule has 0 nitrogen and oxygen atoms in total. The minimum Gasteiger partial charge on any atom is -0.0654 e. The molecular formula is C15H26. The first kappa shape index (κ1) is 14.2. The van der Waals surface area contributed by atoms with Crippen molar-refractivity contribution in [1.82, 2.24) is 0 Å². The molecule has 0 spiro atoms. The average molecular weight is 206 g/mol. The zero-order valence-electron chi connectivity index (χ0n) is 10.6. The highest BCUT2D eigenvalue weighted by Crippen LogP contribution is 2.05. The van der Waals surface area contributed by atoms with E-state index in [0.717, 1.165) is 0 Å². The Morgan fingerprint density at radius 2 is 1.33 bits per heavy atom. The van der Waals surface area contributed by atoms with Gasteiger partial charge < -0.3 is 0 Å². The zero-order valence-corrected chi connectivity index (χ0v) is 10.6. The lowest BCUT2D eigenvalue weighted by Crippen LogP contribution is -1.83. The number of rotatable bonds is 5. The largest absolute Gasteiger partial charge is 0.0654 e. The Bertz CT molecular complexity index is 199. The summed E-state index contributed by atoms with van der Waals surface area (Å²) < 4.78 is 0. The Kier molecular flexibility index (Phi) is 10.7. The van der Waals surface area contributed by atoms with Crippen LogP contribution in [0.1, 0.15) is 58.4 Å². The van der Waals surface area contributed by atoms with Gasteiger partial charge in [0.25, 0.3) is 0 Å². The van der Waals surface area contributed by atoms with Gasteiger partial charge in [0.1, 0.15) is 0 Å². The third-order valence-electron chi connectivity index (χ3n) is 2.41. The molecule has 0 aliphatic carbocycles. The molecule has 0 aliphatic heterocycles. The van der Waals surface area contributed by atoms with Gasteiger partial charge in [-0.15, -0.1) is 0 Å². The van der Waals surface area contributed by atoms with Crippen molar-refractivity contribution in [3.8, 4) is 0 Å². The van der Waals surface area contributed by atoms with Crippen LogP contribution in [0.25, 0.3) is 0 Å². The molecule has 0 saturated heterocycles. The van der Waals surface area contributed by atoms with Crippen molar-refractivity contribution in [3.05, 3.63) is 35.9 Å². The molecule has 0 radical (unpaired) electrons. The molecule has 0 amide bonds. The molecule has 0 unspecified atom stereocenters. The van der Waals surface area contributed by atoms with E-state index in [4.69, 9.17) is 0 Å². The van der Waals surface area contributed by atoms with Crippen LogP contribution in [-0.4, -0.2) is 0 Å². The topological polar surface area (TPSA) is 0 Å². The van der Waals surface area contributed by atoms with Crippen LogP contribution < -0.4 is 0 Å². The minimum absolute atomic E-state index is 1.24. The van der Waals surface area contributed by atoms with Gasteiger partial charge in [-0.1, -0.05) is 76.8 Å². The first-order valence-corrected chi connectivity index (χ1v) is 6.39. The Morgan fingerprint density at radius 3 is 1.80 bits per heavy atom. The van der Waals surface area contributed by atoms with E-state index in [1.54, 1.807) is 0 Å². The molecule has 0 N–H and O–H groups in total. The van der Waals surface area contributed by atoms with Gasteiger partial charge in [-0.2, -0.15) is 0 Å². The van der Waals surface area contributed by atoms with E-state index < -0.39 is 0 Å². The monoisotopic (exact) mass is 206 g/mol. The smallest absolute Gasteiger partial charge is 0.0279 e. The van der Waals surface area contributed by atoms with Gasteiger partial charge in [0.05, 0.1) is 0 Å². The van der Waals surface area contributed by atoms with Crippen molar-refractivity contribution in [3.63, 3.8) is 0 Å². The highest BCUT2D eigenvalue weighted by atomic mass is 13.9. The standard InChI is InChI=1S/C11H16.C4H10/c1-2-3-5-8-11-9-6-4-7-10-11;1-3-4-2/h4,6-7,9-10H,2-3,5,8H2,1H3;3-4H2,1-2H3. The molecule has 0 atom stereocenters. The molecular weight excluding hydrogens is 180 g/mol. The lowest BCUT2D eigenvalue weighted by molar-refractivity contribution is 0.717. The summed E-state index contributed by atoms with van der Waals surface area (Å²) in [6, 6.07) is 10.7. The Balaban J connectivity index is 0.000000423. The molecule has 0 aromatic heterocycles. The second-order valence-electron chi connectivity index (χ2n) is 3.94. The molecule has 0 heterocycles. The molecule has 0 saturated carbocycles. The quantitative estimate of drug-likeness (QED) is 0.579. The van der Waals surface area contributed by atoms with Crippen LogP contribution in [0.3, 0.4) is 0 Å². The minimum atomic E-state index is 1.24. The third-order valence-corrected chi connectivity index (χ3v) is 2.41. The first-order valence-electron chi connectivity index (χ1n) is 6.39. The number of hydrogen-bond acceptors (Lipinski definition) is 0. The van der Waals surface area contributed by atoms with Crippen LogP contribution >= 0.6 is 0 Å². The number of aryl methyl sites for hydroxylation is 1. The second-order valence-corrected chi connectivity index (χ2v) is 3.94. The SMILES string of the molecule is CCCC.CCCCCc1ccccc1. The van der Waals surface area contributed by atoms with Crippen LogP contribution in [0.2, 0.25) is 0 Å². The molecule has 86 valence electrons. The summed E-state index contributed by atoms with van der Waals surface area (Å²) in [6.07, 6.45) is 7.89. The molecule has 15 heavy (non-hydrogen) atoms. The van der Waals surface area contributed by atoms with Gasteiger partial charge in [0, 0.05) is 0 Å². The fraction of sp³-hybridized carbons (Fsp3) is 0.600. The Labute approximate surface area is 95.7 Å². The van der Waals surface area contributed by atoms with Gasteiger partial charge in [0.15, 0.2) is 0 Å². The zero-order chi connectivity index (χ0) is 11.4. The summed E-state index contributed by atoms with van der Waals surface area (Å²) in [5, 5.41) is 0. The predicted molar refractivity (Wildman–Crippen MR) is 70.3 cm³/mol. The van der Waals surface area contributed by atoms with Crippen LogP contribution in [0, 0.1) is 0 Å². The van der Waals surface area contributed by atoms with E-state index in [0.29, 0.717) is 0 Å².